The van der Waals surface area contributed by atoms with Gasteiger partial charge in [0.25, 0.3) is 5.91 Å². The standard InChI is InChI=1S/C22H22N2O6/c1-14(15-5-6-17-11-18(28-2)8-7-16(17)10-15)21(26)30-13-20(25)24-22(27)23-12-19-4-3-9-29-19/h3-11,14H,12-13H2,1-2H3,(H2,23,24,25,27)/t14-/m0/s1. The van der Waals surface area contributed by atoms with Crippen LogP contribution in [-0.2, 0) is 20.9 Å². The number of furan rings is 1. The van der Waals surface area contributed by atoms with E-state index in [0.29, 0.717) is 5.76 Å². The maximum Gasteiger partial charge on any atom is 0.321 e. The van der Waals surface area contributed by atoms with Crippen LogP contribution < -0.4 is 15.4 Å². The van der Waals surface area contributed by atoms with Crippen molar-refractivity contribution in [3.8, 4) is 5.75 Å². The van der Waals surface area contributed by atoms with Gasteiger partial charge < -0.3 is 19.2 Å². The smallest absolute Gasteiger partial charge is 0.321 e. The van der Waals surface area contributed by atoms with Crippen molar-refractivity contribution in [1.82, 2.24) is 10.6 Å². The first-order chi connectivity index (χ1) is 14.5. The Morgan fingerprint density at radius 2 is 1.83 bits per heavy atom. The molecule has 1 aromatic heterocycles. The molecule has 2 N–H and O–H groups in total. The van der Waals surface area contributed by atoms with Crippen LogP contribution in [0.4, 0.5) is 4.79 Å². The second-order valence-electron chi connectivity index (χ2n) is 6.61. The molecule has 8 heteroatoms. The molecule has 0 aliphatic heterocycles. The predicted octanol–water partition coefficient (Wildman–Crippen LogP) is 3.11. The van der Waals surface area contributed by atoms with Gasteiger partial charge in [0.05, 0.1) is 25.8 Å². The van der Waals surface area contributed by atoms with Gasteiger partial charge in [-0.2, -0.15) is 0 Å². The number of hydrogen-bond acceptors (Lipinski definition) is 6. The van der Waals surface area contributed by atoms with Crippen molar-refractivity contribution < 1.29 is 28.3 Å². The Bertz CT molecular complexity index is 1040. The van der Waals surface area contributed by atoms with E-state index in [0.717, 1.165) is 22.1 Å². The number of esters is 1. The van der Waals surface area contributed by atoms with Gasteiger partial charge in [0.2, 0.25) is 0 Å². The number of ether oxygens (including phenoxy) is 2. The Hall–Kier alpha value is -3.81. The van der Waals surface area contributed by atoms with Gasteiger partial charge in [-0.15, -0.1) is 0 Å². The highest BCUT2D eigenvalue weighted by atomic mass is 16.5. The molecule has 0 saturated heterocycles. The topological polar surface area (TPSA) is 107 Å². The molecule has 30 heavy (non-hydrogen) atoms. The van der Waals surface area contributed by atoms with Crippen LogP contribution in [0.25, 0.3) is 10.8 Å². The second-order valence-corrected chi connectivity index (χ2v) is 6.61. The van der Waals surface area contributed by atoms with Gasteiger partial charge in [0.15, 0.2) is 6.61 Å². The van der Waals surface area contributed by atoms with E-state index in [1.54, 1.807) is 26.2 Å². The van der Waals surface area contributed by atoms with E-state index < -0.39 is 30.4 Å². The number of imide groups is 1. The van der Waals surface area contributed by atoms with Gasteiger partial charge in [-0.05, 0) is 47.5 Å². The number of benzene rings is 2. The minimum absolute atomic E-state index is 0.136. The number of hydrogen-bond donors (Lipinski definition) is 2. The Labute approximate surface area is 173 Å². The summed E-state index contributed by atoms with van der Waals surface area (Å²) < 4.78 is 15.3. The molecule has 0 bridgehead atoms. The van der Waals surface area contributed by atoms with E-state index in [2.05, 4.69) is 10.6 Å². The molecule has 0 spiro atoms. The summed E-state index contributed by atoms with van der Waals surface area (Å²) in [4.78, 5) is 35.8. The van der Waals surface area contributed by atoms with E-state index in [1.807, 2.05) is 36.4 Å². The number of fused-ring (bicyclic) bond motifs is 1. The minimum atomic E-state index is -0.724. The summed E-state index contributed by atoms with van der Waals surface area (Å²) in [5, 5.41) is 6.50. The molecule has 3 aromatic rings. The lowest BCUT2D eigenvalue weighted by atomic mass is 9.98. The molecule has 0 aliphatic rings. The van der Waals surface area contributed by atoms with E-state index in [-0.39, 0.29) is 6.54 Å². The highest BCUT2D eigenvalue weighted by Crippen LogP contribution is 2.25. The molecule has 156 valence electrons. The van der Waals surface area contributed by atoms with Crippen LogP contribution >= 0.6 is 0 Å². The normalized spacial score (nSPS) is 11.5. The van der Waals surface area contributed by atoms with E-state index in [4.69, 9.17) is 13.9 Å². The quantitative estimate of drug-likeness (QED) is 0.580. The molecule has 8 nitrogen and oxygen atoms in total. The van der Waals surface area contributed by atoms with E-state index >= 15 is 0 Å². The first kappa shape index (κ1) is 20.9. The predicted molar refractivity (Wildman–Crippen MR) is 109 cm³/mol. The summed E-state index contributed by atoms with van der Waals surface area (Å²) >= 11 is 0. The monoisotopic (exact) mass is 410 g/mol. The van der Waals surface area contributed by atoms with Crippen molar-refractivity contribution in [2.75, 3.05) is 13.7 Å². The summed E-state index contributed by atoms with van der Waals surface area (Å²) in [5.41, 5.74) is 0.759. The van der Waals surface area contributed by atoms with E-state index in [9.17, 15) is 14.4 Å². The van der Waals surface area contributed by atoms with Crippen molar-refractivity contribution in [3.05, 3.63) is 66.1 Å². The SMILES string of the molecule is COc1ccc2cc([C@H](C)C(=O)OCC(=O)NC(=O)NCc3ccco3)ccc2c1. The zero-order chi connectivity index (χ0) is 21.5. The van der Waals surface area contributed by atoms with Crippen molar-refractivity contribution in [2.45, 2.75) is 19.4 Å². The van der Waals surface area contributed by atoms with Crippen LogP contribution in [0.2, 0.25) is 0 Å². The van der Waals surface area contributed by atoms with Gasteiger partial charge in [-0.25, -0.2) is 4.79 Å². The maximum atomic E-state index is 12.3. The zero-order valence-electron chi connectivity index (χ0n) is 16.6. The molecule has 1 heterocycles. The third-order valence-electron chi connectivity index (χ3n) is 4.53. The average molecular weight is 410 g/mol. The highest BCUT2D eigenvalue weighted by molar-refractivity contribution is 5.95. The van der Waals surface area contributed by atoms with Crippen molar-refractivity contribution in [1.29, 1.82) is 0 Å². The number of nitrogens with one attached hydrogen (secondary N) is 2. The fourth-order valence-corrected chi connectivity index (χ4v) is 2.82. The maximum absolute atomic E-state index is 12.3. The zero-order valence-corrected chi connectivity index (χ0v) is 16.6. The average Bonchev–Trinajstić information content (AvgIpc) is 3.28. The van der Waals surface area contributed by atoms with Crippen molar-refractivity contribution in [3.63, 3.8) is 0 Å². The summed E-state index contributed by atoms with van der Waals surface area (Å²) in [6.45, 7) is 1.28. The molecule has 0 unspecified atom stereocenters. The number of rotatable bonds is 7. The van der Waals surface area contributed by atoms with Gasteiger partial charge in [-0.3, -0.25) is 14.9 Å². The van der Waals surface area contributed by atoms with Gasteiger partial charge in [0, 0.05) is 0 Å². The van der Waals surface area contributed by atoms with Gasteiger partial charge in [0.1, 0.15) is 11.5 Å². The largest absolute Gasteiger partial charge is 0.497 e. The van der Waals surface area contributed by atoms with Crippen LogP contribution in [0.1, 0.15) is 24.2 Å². The molecule has 0 aliphatic carbocycles. The lowest BCUT2D eigenvalue weighted by Gasteiger charge is -2.13. The third kappa shape index (κ3) is 5.38. The van der Waals surface area contributed by atoms with Crippen LogP contribution in [0.5, 0.6) is 5.75 Å². The summed E-state index contributed by atoms with van der Waals surface area (Å²) in [6, 6.07) is 13.9. The number of amides is 3. The van der Waals surface area contributed by atoms with Crippen LogP contribution in [-0.4, -0.2) is 31.6 Å². The number of methoxy groups -OCH3 is 1. The summed E-state index contributed by atoms with van der Waals surface area (Å²) in [5.74, 6) is -0.558. The highest BCUT2D eigenvalue weighted by Gasteiger charge is 2.19. The fourth-order valence-electron chi connectivity index (χ4n) is 2.82. The second kappa shape index (κ2) is 9.60. The number of urea groups is 1. The fraction of sp³-hybridized carbons (Fsp3) is 0.227. The molecule has 3 rings (SSSR count). The molecule has 0 saturated carbocycles. The molecule has 3 amide bonds. The van der Waals surface area contributed by atoms with Crippen LogP contribution in [0.15, 0.2) is 59.2 Å². The summed E-state index contributed by atoms with van der Waals surface area (Å²) in [6.07, 6.45) is 1.48. The molecule has 1 atom stereocenters. The third-order valence-corrected chi connectivity index (χ3v) is 4.53. The minimum Gasteiger partial charge on any atom is -0.497 e. The Kier molecular flexibility index (Phi) is 6.69. The molecular weight excluding hydrogens is 388 g/mol. The first-order valence-corrected chi connectivity index (χ1v) is 9.30. The number of carbonyl (C=O) groups is 3. The molecule has 0 fully saturated rings. The lowest BCUT2D eigenvalue weighted by molar-refractivity contribution is -0.149. The van der Waals surface area contributed by atoms with E-state index in [1.165, 1.54) is 6.26 Å². The van der Waals surface area contributed by atoms with Crippen LogP contribution in [0, 0.1) is 0 Å². The van der Waals surface area contributed by atoms with Crippen molar-refractivity contribution in [2.24, 2.45) is 0 Å². The summed E-state index contributed by atoms with van der Waals surface area (Å²) in [7, 11) is 1.60. The Balaban J connectivity index is 1.49. The first-order valence-electron chi connectivity index (χ1n) is 9.30. The Morgan fingerprint density at radius 3 is 2.57 bits per heavy atom. The Morgan fingerprint density at radius 1 is 1.07 bits per heavy atom. The van der Waals surface area contributed by atoms with Gasteiger partial charge in [-0.1, -0.05) is 24.3 Å². The molecule has 2 aromatic carbocycles. The molecule has 0 radical (unpaired) electrons. The number of carbonyl (C=O) groups excluding carboxylic acids is 3. The molecular formula is C22H22N2O6. The van der Waals surface area contributed by atoms with Gasteiger partial charge >= 0.3 is 12.0 Å². The lowest BCUT2D eigenvalue weighted by Crippen LogP contribution is -2.41. The van der Waals surface area contributed by atoms with Crippen molar-refractivity contribution >= 4 is 28.7 Å². The van der Waals surface area contributed by atoms with Crippen LogP contribution in [0.3, 0.4) is 0 Å².